The topological polar surface area (TPSA) is 75.6 Å². The van der Waals surface area contributed by atoms with Crippen LogP contribution in [-0.4, -0.2) is 29.6 Å². The zero-order valence-electron chi connectivity index (χ0n) is 12.5. The summed E-state index contributed by atoms with van der Waals surface area (Å²) in [6.07, 6.45) is 1.82. The van der Waals surface area contributed by atoms with Crippen LogP contribution in [0.25, 0.3) is 0 Å². The van der Waals surface area contributed by atoms with Gasteiger partial charge in [-0.1, -0.05) is 24.1 Å². The number of carboxylic acid groups (broad SMARTS) is 1. The highest BCUT2D eigenvalue weighted by Gasteiger charge is 2.45. The first-order valence-electron chi connectivity index (χ1n) is 7.34. The molecule has 1 aliphatic rings. The maximum absolute atomic E-state index is 11.9. The molecule has 0 heterocycles. The van der Waals surface area contributed by atoms with E-state index in [0.29, 0.717) is 30.2 Å². The van der Waals surface area contributed by atoms with Crippen LogP contribution in [0.3, 0.4) is 0 Å². The molecule has 1 amide bonds. The first-order chi connectivity index (χ1) is 10.4. The summed E-state index contributed by atoms with van der Waals surface area (Å²) in [5, 5.41) is 12.5. The largest absolute Gasteiger partial charge is 0.489 e. The lowest BCUT2D eigenvalue weighted by molar-refractivity contribution is -0.157. The molecule has 2 N–H and O–H groups in total. The van der Waals surface area contributed by atoms with E-state index < -0.39 is 11.4 Å². The molecule has 1 saturated carbocycles. The Bertz CT molecular complexity index is 557. The Balaban J connectivity index is 1.77. The van der Waals surface area contributed by atoms with E-state index in [1.807, 2.05) is 6.92 Å². The number of hydrogen-bond acceptors (Lipinski definition) is 3. The third-order valence-corrected chi connectivity index (χ3v) is 4.22. The van der Waals surface area contributed by atoms with Crippen LogP contribution in [0.4, 0.5) is 0 Å². The van der Waals surface area contributed by atoms with Gasteiger partial charge < -0.3 is 15.2 Å². The second-order valence-electron chi connectivity index (χ2n) is 5.81. The Morgan fingerprint density at radius 1 is 1.45 bits per heavy atom. The van der Waals surface area contributed by atoms with E-state index in [2.05, 4.69) is 5.32 Å². The molecule has 0 aliphatic heterocycles. The van der Waals surface area contributed by atoms with Gasteiger partial charge in [0.1, 0.15) is 11.9 Å². The molecule has 22 heavy (non-hydrogen) atoms. The molecule has 6 heteroatoms. The molecular weight excluding hydrogens is 306 g/mol. The van der Waals surface area contributed by atoms with E-state index in [1.54, 1.807) is 24.3 Å². The summed E-state index contributed by atoms with van der Waals surface area (Å²) in [5.41, 5.74) is -0.860. The lowest BCUT2D eigenvalue weighted by Crippen LogP contribution is -2.44. The zero-order valence-corrected chi connectivity index (χ0v) is 13.2. The normalized spacial score (nSPS) is 17.2. The highest BCUT2D eigenvalue weighted by Crippen LogP contribution is 2.44. The molecular formula is C16H20ClNO4. The predicted molar refractivity (Wildman–Crippen MR) is 83.1 cm³/mol. The number of halogens is 1. The van der Waals surface area contributed by atoms with Crippen molar-refractivity contribution in [2.24, 2.45) is 5.41 Å². The standard InChI is InChI=1S/C16H20ClNO4/c1-11(22-13-5-2-4-12(17)8-13)10-18-14(19)9-16(15(20)21)6-3-7-16/h2,4-5,8,11H,3,6-7,9-10H2,1H3,(H,18,19)(H,20,21). The van der Waals surface area contributed by atoms with E-state index in [1.165, 1.54) is 0 Å². The fraction of sp³-hybridized carbons (Fsp3) is 0.500. The summed E-state index contributed by atoms with van der Waals surface area (Å²) in [6, 6.07) is 7.03. The molecule has 1 aromatic rings. The van der Waals surface area contributed by atoms with Gasteiger partial charge in [-0.05, 0) is 38.0 Å². The minimum atomic E-state index is -0.878. The number of rotatable bonds is 7. The van der Waals surface area contributed by atoms with Gasteiger partial charge in [-0.3, -0.25) is 9.59 Å². The summed E-state index contributed by atoms with van der Waals surface area (Å²) in [4.78, 5) is 23.1. The fourth-order valence-corrected chi connectivity index (χ4v) is 2.69. The molecule has 2 rings (SSSR count). The van der Waals surface area contributed by atoms with Crippen molar-refractivity contribution in [3.05, 3.63) is 29.3 Å². The Morgan fingerprint density at radius 3 is 2.73 bits per heavy atom. The van der Waals surface area contributed by atoms with Crippen molar-refractivity contribution in [1.29, 1.82) is 0 Å². The molecule has 0 aromatic heterocycles. The maximum Gasteiger partial charge on any atom is 0.310 e. The van der Waals surface area contributed by atoms with Crippen LogP contribution in [0.15, 0.2) is 24.3 Å². The lowest BCUT2D eigenvalue weighted by Gasteiger charge is -2.37. The lowest BCUT2D eigenvalue weighted by atomic mass is 9.66. The van der Waals surface area contributed by atoms with Crippen LogP contribution in [0.2, 0.25) is 5.02 Å². The van der Waals surface area contributed by atoms with Crippen LogP contribution in [-0.2, 0) is 9.59 Å². The minimum Gasteiger partial charge on any atom is -0.489 e. The van der Waals surface area contributed by atoms with Crippen molar-refractivity contribution < 1.29 is 19.4 Å². The molecule has 1 aliphatic carbocycles. The van der Waals surface area contributed by atoms with E-state index in [4.69, 9.17) is 16.3 Å². The van der Waals surface area contributed by atoms with Gasteiger partial charge in [0.15, 0.2) is 0 Å². The minimum absolute atomic E-state index is 0.0339. The third-order valence-electron chi connectivity index (χ3n) is 3.98. The van der Waals surface area contributed by atoms with E-state index in [9.17, 15) is 14.7 Å². The van der Waals surface area contributed by atoms with E-state index in [0.717, 1.165) is 6.42 Å². The second kappa shape index (κ2) is 7.01. The van der Waals surface area contributed by atoms with Crippen LogP contribution in [0.1, 0.15) is 32.6 Å². The number of hydrogen-bond donors (Lipinski definition) is 2. The fourth-order valence-electron chi connectivity index (χ4n) is 2.51. The molecule has 0 spiro atoms. The van der Waals surface area contributed by atoms with Crippen LogP contribution in [0, 0.1) is 5.41 Å². The molecule has 0 bridgehead atoms. The summed E-state index contributed by atoms with van der Waals surface area (Å²) in [7, 11) is 0. The SMILES string of the molecule is CC(CNC(=O)CC1(C(=O)O)CCC1)Oc1cccc(Cl)c1. The summed E-state index contributed by atoms with van der Waals surface area (Å²) >= 11 is 5.88. The van der Waals surface area contributed by atoms with Crippen molar-refractivity contribution in [2.75, 3.05) is 6.54 Å². The Kier molecular flexibility index (Phi) is 5.29. The van der Waals surface area contributed by atoms with Gasteiger partial charge in [0.25, 0.3) is 0 Å². The molecule has 120 valence electrons. The number of amides is 1. The average Bonchev–Trinajstić information content (AvgIpc) is 2.40. The molecule has 0 saturated heterocycles. The van der Waals surface area contributed by atoms with E-state index in [-0.39, 0.29) is 18.4 Å². The van der Waals surface area contributed by atoms with Crippen LogP contribution < -0.4 is 10.1 Å². The molecule has 0 radical (unpaired) electrons. The van der Waals surface area contributed by atoms with Crippen molar-refractivity contribution in [3.8, 4) is 5.75 Å². The quantitative estimate of drug-likeness (QED) is 0.808. The smallest absolute Gasteiger partial charge is 0.310 e. The average molecular weight is 326 g/mol. The molecule has 1 fully saturated rings. The Labute approximate surface area is 134 Å². The first-order valence-corrected chi connectivity index (χ1v) is 7.71. The third kappa shape index (κ3) is 4.13. The second-order valence-corrected chi connectivity index (χ2v) is 6.24. The Morgan fingerprint density at radius 2 is 2.18 bits per heavy atom. The van der Waals surface area contributed by atoms with Gasteiger partial charge in [0, 0.05) is 11.4 Å². The predicted octanol–water partition coefficient (Wildman–Crippen LogP) is 2.87. The van der Waals surface area contributed by atoms with Crippen molar-refractivity contribution in [1.82, 2.24) is 5.32 Å². The van der Waals surface area contributed by atoms with Gasteiger partial charge in [-0.25, -0.2) is 0 Å². The van der Waals surface area contributed by atoms with Gasteiger partial charge in [-0.15, -0.1) is 0 Å². The number of carboxylic acids is 1. The first kappa shape index (κ1) is 16.6. The van der Waals surface area contributed by atoms with Crippen LogP contribution in [0.5, 0.6) is 5.75 Å². The molecule has 1 unspecified atom stereocenters. The van der Waals surface area contributed by atoms with Crippen molar-refractivity contribution in [3.63, 3.8) is 0 Å². The van der Waals surface area contributed by atoms with Gasteiger partial charge in [0.2, 0.25) is 5.91 Å². The zero-order chi connectivity index (χ0) is 16.2. The van der Waals surface area contributed by atoms with Crippen molar-refractivity contribution >= 4 is 23.5 Å². The number of carbonyl (C=O) groups excluding carboxylic acids is 1. The number of benzene rings is 1. The Hall–Kier alpha value is -1.75. The summed E-state index contributed by atoms with van der Waals surface area (Å²) in [5.74, 6) is -0.490. The summed E-state index contributed by atoms with van der Waals surface area (Å²) < 4.78 is 5.65. The van der Waals surface area contributed by atoms with Gasteiger partial charge in [-0.2, -0.15) is 0 Å². The molecule has 1 aromatic carbocycles. The van der Waals surface area contributed by atoms with E-state index >= 15 is 0 Å². The highest BCUT2D eigenvalue weighted by atomic mass is 35.5. The van der Waals surface area contributed by atoms with Gasteiger partial charge >= 0.3 is 5.97 Å². The van der Waals surface area contributed by atoms with Gasteiger partial charge in [0.05, 0.1) is 12.0 Å². The maximum atomic E-state index is 11.9. The number of ether oxygens (including phenoxy) is 1. The number of nitrogens with one attached hydrogen (secondary N) is 1. The summed E-state index contributed by atoms with van der Waals surface area (Å²) in [6.45, 7) is 2.15. The van der Waals surface area contributed by atoms with Crippen molar-refractivity contribution in [2.45, 2.75) is 38.7 Å². The van der Waals surface area contributed by atoms with Crippen LogP contribution >= 0.6 is 11.6 Å². The monoisotopic (exact) mass is 325 g/mol. The number of carbonyl (C=O) groups is 2. The molecule has 1 atom stereocenters. The number of aliphatic carboxylic acids is 1. The highest BCUT2D eigenvalue weighted by molar-refractivity contribution is 6.30. The molecule has 5 nitrogen and oxygen atoms in total.